The van der Waals surface area contributed by atoms with Gasteiger partial charge in [0.2, 0.25) is 0 Å². The second kappa shape index (κ2) is 10.9. The molecule has 0 saturated carbocycles. The molecule has 0 fully saturated rings. The van der Waals surface area contributed by atoms with Crippen LogP contribution < -0.4 is 5.32 Å². The summed E-state index contributed by atoms with van der Waals surface area (Å²) in [6, 6.07) is -0.149. The van der Waals surface area contributed by atoms with Gasteiger partial charge < -0.3 is 10.1 Å². The van der Waals surface area contributed by atoms with E-state index in [1.54, 1.807) is 0 Å². The first-order valence-electron chi connectivity index (χ1n) is 6.63. The van der Waals surface area contributed by atoms with Crippen molar-refractivity contribution < 1.29 is 9.53 Å². The Morgan fingerprint density at radius 2 is 2.00 bits per heavy atom. The first-order valence-corrected chi connectivity index (χ1v) is 7.78. The van der Waals surface area contributed by atoms with Crippen molar-refractivity contribution >= 4 is 17.7 Å². The van der Waals surface area contributed by atoms with Gasteiger partial charge in [-0.05, 0) is 31.6 Å². The van der Waals surface area contributed by atoms with E-state index in [4.69, 9.17) is 4.74 Å². The van der Waals surface area contributed by atoms with E-state index in [2.05, 4.69) is 26.1 Å². The zero-order valence-electron chi connectivity index (χ0n) is 11.6. The van der Waals surface area contributed by atoms with Crippen LogP contribution in [0.4, 0.5) is 0 Å². The van der Waals surface area contributed by atoms with Crippen molar-refractivity contribution in [3.05, 3.63) is 0 Å². The highest BCUT2D eigenvalue weighted by atomic mass is 32.2. The van der Waals surface area contributed by atoms with Crippen LogP contribution in [0, 0.1) is 5.92 Å². The summed E-state index contributed by atoms with van der Waals surface area (Å²) in [5.41, 5.74) is 0. The van der Waals surface area contributed by atoms with Gasteiger partial charge in [0, 0.05) is 5.75 Å². The predicted octanol–water partition coefficient (Wildman–Crippen LogP) is 2.70. The third-order valence-corrected chi connectivity index (χ3v) is 3.97. The number of rotatable bonds is 10. The molecule has 4 heteroatoms. The summed E-state index contributed by atoms with van der Waals surface area (Å²) < 4.78 is 5.07. The first kappa shape index (κ1) is 16.8. The van der Waals surface area contributed by atoms with Crippen LogP contribution in [0.25, 0.3) is 0 Å². The van der Waals surface area contributed by atoms with Crippen LogP contribution in [0.2, 0.25) is 0 Å². The SMILES string of the molecule is CCCNC(CSCC(C)CC)C(=O)OCC. The molecule has 0 rings (SSSR count). The number of nitrogens with one attached hydrogen (secondary N) is 1. The third-order valence-electron chi connectivity index (χ3n) is 2.60. The second-order valence-corrected chi connectivity index (χ2v) is 5.38. The number of hydrogen-bond donors (Lipinski definition) is 1. The normalized spacial score (nSPS) is 14.4. The smallest absolute Gasteiger partial charge is 0.323 e. The molecule has 1 N–H and O–H groups in total. The van der Waals surface area contributed by atoms with Crippen LogP contribution >= 0.6 is 11.8 Å². The number of thioether (sulfide) groups is 1. The number of esters is 1. The van der Waals surface area contributed by atoms with E-state index in [9.17, 15) is 4.79 Å². The van der Waals surface area contributed by atoms with Gasteiger partial charge in [-0.15, -0.1) is 0 Å². The molecule has 2 atom stereocenters. The molecule has 17 heavy (non-hydrogen) atoms. The van der Waals surface area contributed by atoms with E-state index in [1.807, 2.05) is 18.7 Å². The van der Waals surface area contributed by atoms with Gasteiger partial charge >= 0.3 is 5.97 Å². The maximum absolute atomic E-state index is 11.7. The highest BCUT2D eigenvalue weighted by Gasteiger charge is 2.18. The lowest BCUT2D eigenvalue weighted by molar-refractivity contribution is -0.144. The Hall–Kier alpha value is -0.220. The predicted molar refractivity (Wildman–Crippen MR) is 75.5 cm³/mol. The third kappa shape index (κ3) is 8.50. The van der Waals surface area contributed by atoms with Crippen molar-refractivity contribution in [3.8, 4) is 0 Å². The average molecular weight is 261 g/mol. The molecular weight excluding hydrogens is 234 g/mol. The molecule has 0 spiro atoms. The molecule has 0 aliphatic heterocycles. The van der Waals surface area contributed by atoms with Gasteiger partial charge in [-0.3, -0.25) is 4.79 Å². The van der Waals surface area contributed by atoms with Crippen molar-refractivity contribution in [2.45, 2.75) is 46.6 Å². The van der Waals surface area contributed by atoms with Crippen LogP contribution in [0.1, 0.15) is 40.5 Å². The van der Waals surface area contributed by atoms with Gasteiger partial charge in [0.05, 0.1) is 6.61 Å². The minimum Gasteiger partial charge on any atom is -0.465 e. The maximum atomic E-state index is 11.7. The van der Waals surface area contributed by atoms with Gasteiger partial charge in [0.25, 0.3) is 0 Å². The van der Waals surface area contributed by atoms with E-state index in [0.717, 1.165) is 24.5 Å². The molecule has 0 saturated heterocycles. The first-order chi connectivity index (χ1) is 8.15. The highest BCUT2D eigenvalue weighted by molar-refractivity contribution is 7.99. The highest BCUT2D eigenvalue weighted by Crippen LogP contribution is 2.12. The summed E-state index contributed by atoms with van der Waals surface area (Å²) in [6.45, 7) is 9.71. The largest absolute Gasteiger partial charge is 0.465 e. The molecule has 102 valence electrons. The summed E-state index contributed by atoms with van der Waals surface area (Å²) in [5, 5.41) is 3.25. The van der Waals surface area contributed by atoms with Gasteiger partial charge in [0.15, 0.2) is 0 Å². The minimum absolute atomic E-state index is 0.113. The zero-order chi connectivity index (χ0) is 13.1. The fraction of sp³-hybridized carbons (Fsp3) is 0.923. The Bertz CT molecular complexity index is 200. The Kier molecular flexibility index (Phi) is 10.8. The van der Waals surface area contributed by atoms with E-state index < -0.39 is 0 Å². The molecule has 0 aliphatic rings. The number of carbonyl (C=O) groups excluding carboxylic acids is 1. The molecule has 0 aromatic carbocycles. The lowest BCUT2D eigenvalue weighted by Gasteiger charge is -2.17. The van der Waals surface area contributed by atoms with Crippen LogP contribution in [0.15, 0.2) is 0 Å². The fourth-order valence-corrected chi connectivity index (χ4v) is 2.54. The van der Waals surface area contributed by atoms with Crippen molar-refractivity contribution in [1.82, 2.24) is 5.32 Å². The van der Waals surface area contributed by atoms with Gasteiger partial charge in [-0.2, -0.15) is 11.8 Å². The summed E-state index contributed by atoms with van der Waals surface area (Å²) in [4.78, 5) is 11.7. The molecule has 3 nitrogen and oxygen atoms in total. The van der Waals surface area contributed by atoms with E-state index >= 15 is 0 Å². The number of hydrogen-bond acceptors (Lipinski definition) is 4. The topological polar surface area (TPSA) is 38.3 Å². The van der Waals surface area contributed by atoms with E-state index in [-0.39, 0.29) is 12.0 Å². The summed E-state index contributed by atoms with van der Waals surface area (Å²) in [7, 11) is 0. The monoisotopic (exact) mass is 261 g/mol. The molecule has 0 radical (unpaired) electrons. The number of carbonyl (C=O) groups is 1. The molecular formula is C13H27NO2S. The fourth-order valence-electron chi connectivity index (χ4n) is 1.28. The standard InChI is InChI=1S/C13H27NO2S/c1-5-8-14-12(13(15)16-7-3)10-17-9-11(4)6-2/h11-12,14H,5-10H2,1-4H3. The van der Waals surface area contributed by atoms with Crippen molar-refractivity contribution in [2.75, 3.05) is 24.7 Å². The molecule has 0 aromatic heterocycles. The average Bonchev–Trinajstić information content (AvgIpc) is 2.33. The van der Waals surface area contributed by atoms with Crippen molar-refractivity contribution in [1.29, 1.82) is 0 Å². The molecule has 0 amide bonds. The van der Waals surface area contributed by atoms with E-state index in [1.165, 1.54) is 6.42 Å². The minimum atomic E-state index is -0.149. The van der Waals surface area contributed by atoms with Crippen LogP contribution in [-0.4, -0.2) is 36.7 Å². The Morgan fingerprint density at radius 3 is 2.53 bits per heavy atom. The van der Waals surface area contributed by atoms with Gasteiger partial charge in [-0.1, -0.05) is 27.2 Å². The number of ether oxygens (including phenoxy) is 1. The quantitative estimate of drug-likeness (QED) is 0.614. The van der Waals surface area contributed by atoms with Crippen LogP contribution in [0.3, 0.4) is 0 Å². The Labute approximate surface area is 110 Å². The lowest BCUT2D eigenvalue weighted by atomic mass is 10.2. The summed E-state index contributed by atoms with van der Waals surface area (Å²) in [6.07, 6.45) is 2.23. The molecule has 2 unspecified atom stereocenters. The lowest BCUT2D eigenvalue weighted by Crippen LogP contribution is -2.40. The summed E-state index contributed by atoms with van der Waals surface area (Å²) >= 11 is 1.84. The van der Waals surface area contributed by atoms with Gasteiger partial charge in [0.1, 0.15) is 6.04 Å². The Morgan fingerprint density at radius 1 is 1.29 bits per heavy atom. The zero-order valence-corrected chi connectivity index (χ0v) is 12.4. The molecule has 0 aliphatic carbocycles. The van der Waals surface area contributed by atoms with Crippen molar-refractivity contribution in [2.24, 2.45) is 5.92 Å². The Balaban J connectivity index is 3.96. The van der Waals surface area contributed by atoms with E-state index in [0.29, 0.717) is 12.5 Å². The maximum Gasteiger partial charge on any atom is 0.323 e. The second-order valence-electron chi connectivity index (χ2n) is 4.31. The van der Waals surface area contributed by atoms with Gasteiger partial charge in [-0.25, -0.2) is 0 Å². The molecule has 0 aromatic rings. The van der Waals surface area contributed by atoms with Crippen molar-refractivity contribution in [3.63, 3.8) is 0 Å². The van der Waals surface area contributed by atoms with Crippen LogP contribution in [0.5, 0.6) is 0 Å². The summed E-state index contributed by atoms with van der Waals surface area (Å²) in [5.74, 6) is 2.52. The molecule has 0 bridgehead atoms. The molecule has 0 heterocycles. The van der Waals surface area contributed by atoms with Crippen LogP contribution in [-0.2, 0) is 9.53 Å².